The van der Waals surface area contributed by atoms with E-state index in [9.17, 15) is 8.42 Å². The van der Waals surface area contributed by atoms with Crippen LogP contribution in [0, 0.1) is 5.92 Å². The average molecular weight is 381 g/mol. The first kappa shape index (κ1) is 19.1. The van der Waals surface area contributed by atoms with Gasteiger partial charge in [0, 0.05) is 19.6 Å². The minimum absolute atomic E-state index is 0.0197. The zero-order valence-corrected chi connectivity index (χ0v) is 15.9. The second kappa shape index (κ2) is 8.83. The van der Waals surface area contributed by atoms with Crippen molar-refractivity contribution in [2.24, 2.45) is 16.6 Å². The van der Waals surface area contributed by atoms with Crippen molar-refractivity contribution in [2.45, 2.75) is 31.6 Å². The monoisotopic (exact) mass is 380 g/mol. The highest BCUT2D eigenvalue weighted by Crippen LogP contribution is 2.25. The summed E-state index contributed by atoms with van der Waals surface area (Å²) in [6, 6.07) is 7.51. The Hall–Kier alpha value is -1.64. The van der Waals surface area contributed by atoms with Crippen LogP contribution < -0.4 is 11.1 Å². The van der Waals surface area contributed by atoms with E-state index >= 15 is 0 Å². The molecule has 1 saturated heterocycles. The Labute approximate surface area is 155 Å². The molecule has 3 N–H and O–H groups in total. The highest BCUT2D eigenvalue weighted by molar-refractivity contribution is 7.88. The molecule has 1 heterocycles. The minimum atomic E-state index is -3.36. The molecule has 0 bridgehead atoms. The fourth-order valence-corrected chi connectivity index (χ4v) is 4.70. The molecule has 1 aromatic carbocycles. The Morgan fingerprint density at radius 1 is 1.23 bits per heavy atom. The largest absolute Gasteiger partial charge is 0.379 e. The summed E-state index contributed by atoms with van der Waals surface area (Å²) in [4.78, 5) is 4.38. The molecular weight excluding hydrogens is 352 g/mol. The lowest BCUT2D eigenvalue weighted by Gasteiger charge is -2.26. The van der Waals surface area contributed by atoms with Crippen LogP contribution in [0.2, 0.25) is 0 Å². The summed E-state index contributed by atoms with van der Waals surface area (Å²) in [6.07, 6.45) is 3.80. The van der Waals surface area contributed by atoms with Gasteiger partial charge in [-0.2, -0.15) is 4.31 Å². The summed E-state index contributed by atoms with van der Waals surface area (Å²) < 4.78 is 32.1. The standard InChI is InChI=1S/C18H28N4O3S/c19-18(20-12-15-4-3-5-15)21-13-16-6-1-2-7-17(16)14-26(23,24)22-8-10-25-11-9-22/h1-2,6-7,15H,3-5,8-14H2,(H3,19,20,21). The third-order valence-corrected chi connectivity index (χ3v) is 6.86. The summed E-state index contributed by atoms with van der Waals surface area (Å²) in [5.41, 5.74) is 7.60. The minimum Gasteiger partial charge on any atom is -0.379 e. The molecule has 3 rings (SSSR count). The highest BCUT2D eigenvalue weighted by Gasteiger charge is 2.25. The number of rotatable bonds is 7. The van der Waals surface area contributed by atoms with E-state index in [4.69, 9.17) is 10.5 Å². The number of nitrogens with one attached hydrogen (secondary N) is 1. The van der Waals surface area contributed by atoms with Gasteiger partial charge >= 0.3 is 0 Å². The quantitative estimate of drug-likeness (QED) is 0.544. The SMILES string of the molecule is NC(=NCc1ccccc1CS(=O)(=O)N1CCOCC1)NCC1CCC1. The molecule has 8 heteroatoms. The van der Waals surface area contributed by atoms with Gasteiger partial charge in [-0.3, -0.25) is 0 Å². The Morgan fingerprint density at radius 3 is 2.58 bits per heavy atom. The molecule has 0 spiro atoms. The van der Waals surface area contributed by atoms with Gasteiger partial charge in [0.05, 0.1) is 25.5 Å². The van der Waals surface area contributed by atoms with Crippen molar-refractivity contribution in [3.8, 4) is 0 Å². The Balaban J connectivity index is 1.61. The first-order valence-electron chi connectivity index (χ1n) is 9.21. The number of ether oxygens (including phenoxy) is 1. The number of nitrogens with two attached hydrogens (primary N) is 1. The van der Waals surface area contributed by atoms with Crippen LogP contribution in [0.5, 0.6) is 0 Å². The van der Waals surface area contributed by atoms with Gasteiger partial charge in [-0.25, -0.2) is 13.4 Å². The molecule has 0 amide bonds. The third kappa shape index (κ3) is 5.18. The summed E-state index contributed by atoms with van der Waals surface area (Å²) >= 11 is 0. The maximum Gasteiger partial charge on any atom is 0.218 e. The van der Waals surface area contributed by atoms with Crippen LogP contribution in [0.25, 0.3) is 0 Å². The Morgan fingerprint density at radius 2 is 1.92 bits per heavy atom. The lowest BCUT2D eigenvalue weighted by molar-refractivity contribution is 0.0729. The number of aliphatic imine (C=N–C) groups is 1. The summed E-state index contributed by atoms with van der Waals surface area (Å²) in [5.74, 6) is 1.10. The van der Waals surface area contributed by atoms with E-state index in [1.54, 1.807) is 0 Å². The van der Waals surface area contributed by atoms with Gasteiger partial charge < -0.3 is 15.8 Å². The van der Waals surface area contributed by atoms with Gasteiger partial charge in [0.1, 0.15) is 0 Å². The molecule has 0 radical (unpaired) electrons. The lowest BCUT2D eigenvalue weighted by atomic mass is 9.85. The van der Waals surface area contributed by atoms with E-state index in [0.717, 1.165) is 17.7 Å². The smallest absolute Gasteiger partial charge is 0.218 e. The lowest BCUT2D eigenvalue weighted by Crippen LogP contribution is -2.41. The van der Waals surface area contributed by atoms with Gasteiger partial charge in [-0.15, -0.1) is 0 Å². The topological polar surface area (TPSA) is 97.0 Å². The predicted molar refractivity (Wildman–Crippen MR) is 102 cm³/mol. The molecule has 0 atom stereocenters. The predicted octanol–water partition coefficient (Wildman–Crippen LogP) is 1.05. The summed E-state index contributed by atoms with van der Waals surface area (Å²) in [6.45, 7) is 2.98. The van der Waals surface area contributed by atoms with Crippen molar-refractivity contribution in [3.05, 3.63) is 35.4 Å². The van der Waals surface area contributed by atoms with E-state index in [2.05, 4.69) is 10.3 Å². The fraction of sp³-hybridized carbons (Fsp3) is 0.611. The van der Waals surface area contributed by atoms with Crippen LogP contribution in [0.3, 0.4) is 0 Å². The van der Waals surface area contributed by atoms with Crippen LogP contribution in [0.4, 0.5) is 0 Å². The van der Waals surface area contributed by atoms with Crippen molar-refractivity contribution in [1.29, 1.82) is 0 Å². The molecule has 0 aromatic heterocycles. The molecule has 1 saturated carbocycles. The summed E-state index contributed by atoms with van der Waals surface area (Å²) in [7, 11) is -3.36. The first-order chi connectivity index (χ1) is 12.5. The van der Waals surface area contributed by atoms with Gasteiger partial charge in [-0.1, -0.05) is 30.7 Å². The van der Waals surface area contributed by atoms with Crippen molar-refractivity contribution in [2.75, 3.05) is 32.8 Å². The van der Waals surface area contributed by atoms with Crippen molar-refractivity contribution in [1.82, 2.24) is 9.62 Å². The van der Waals surface area contributed by atoms with Gasteiger partial charge in [0.25, 0.3) is 0 Å². The van der Waals surface area contributed by atoms with Gasteiger partial charge in [0.15, 0.2) is 5.96 Å². The molecule has 2 fully saturated rings. The number of morpholine rings is 1. The average Bonchev–Trinajstić information content (AvgIpc) is 2.60. The number of benzene rings is 1. The molecule has 0 unspecified atom stereocenters. The summed E-state index contributed by atoms with van der Waals surface area (Å²) in [5, 5.41) is 3.16. The van der Waals surface area contributed by atoms with Gasteiger partial charge in [0.2, 0.25) is 10.0 Å². The molecule has 144 valence electrons. The fourth-order valence-electron chi connectivity index (χ4n) is 3.14. The number of hydrogen-bond acceptors (Lipinski definition) is 4. The van der Waals surface area contributed by atoms with Crippen LogP contribution in [-0.4, -0.2) is 51.5 Å². The number of guanidine groups is 1. The second-order valence-electron chi connectivity index (χ2n) is 6.92. The number of sulfonamides is 1. The Bertz CT molecular complexity index is 726. The van der Waals surface area contributed by atoms with Crippen LogP contribution in [0.15, 0.2) is 29.3 Å². The van der Waals surface area contributed by atoms with Crippen LogP contribution >= 0.6 is 0 Å². The maximum absolute atomic E-state index is 12.7. The first-order valence-corrected chi connectivity index (χ1v) is 10.8. The van der Waals surface area contributed by atoms with Crippen LogP contribution in [-0.2, 0) is 27.1 Å². The maximum atomic E-state index is 12.7. The molecular formula is C18H28N4O3S. The molecule has 1 aliphatic heterocycles. The Kier molecular flexibility index (Phi) is 6.50. The zero-order chi connectivity index (χ0) is 18.4. The van der Waals surface area contributed by atoms with E-state index in [1.165, 1.54) is 23.6 Å². The molecule has 26 heavy (non-hydrogen) atoms. The zero-order valence-electron chi connectivity index (χ0n) is 15.1. The van der Waals surface area contributed by atoms with Gasteiger partial charge in [-0.05, 0) is 29.9 Å². The van der Waals surface area contributed by atoms with Crippen molar-refractivity contribution < 1.29 is 13.2 Å². The number of hydrogen-bond donors (Lipinski definition) is 2. The van der Waals surface area contributed by atoms with E-state index < -0.39 is 10.0 Å². The normalized spacial score (nSPS) is 19.9. The van der Waals surface area contributed by atoms with Crippen molar-refractivity contribution >= 4 is 16.0 Å². The van der Waals surface area contributed by atoms with Crippen LogP contribution in [0.1, 0.15) is 30.4 Å². The molecule has 7 nitrogen and oxygen atoms in total. The van der Waals surface area contributed by atoms with Crippen molar-refractivity contribution in [3.63, 3.8) is 0 Å². The van der Waals surface area contributed by atoms with E-state index in [1.807, 2.05) is 24.3 Å². The highest BCUT2D eigenvalue weighted by atomic mass is 32.2. The second-order valence-corrected chi connectivity index (χ2v) is 8.88. The molecule has 1 aromatic rings. The molecule has 1 aliphatic carbocycles. The van der Waals surface area contributed by atoms with E-state index in [0.29, 0.717) is 44.7 Å². The van der Waals surface area contributed by atoms with E-state index in [-0.39, 0.29) is 5.75 Å². The third-order valence-electron chi connectivity index (χ3n) is 5.04. The molecule has 2 aliphatic rings. The number of nitrogens with zero attached hydrogens (tertiary/aromatic N) is 2.